The third-order valence-corrected chi connectivity index (χ3v) is 5.11. The molecule has 0 unspecified atom stereocenters. The lowest BCUT2D eigenvalue weighted by Gasteiger charge is -2.31. The first-order chi connectivity index (χ1) is 14.0. The first-order valence-corrected chi connectivity index (χ1v) is 10.0. The Balaban J connectivity index is 0.00000320. The fraction of sp³-hybridized carbons (Fsp3) is 0.550. The van der Waals surface area contributed by atoms with Crippen LogP contribution in [0.5, 0.6) is 0 Å². The number of piperidine rings is 1. The molecule has 166 valence electrons. The summed E-state index contributed by atoms with van der Waals surface area (Å²) < 4.78 is 16.4. The predicted octanol–water partition coefficient (Wildman–Crippen LogP) is 2.13. The average molecular weight is 531 g/mol. The second kappa shape index (κ2) is 11.4. The molecule has 1 aromatic heterocycles. The van der Waals surface area contributed by atoms with Crippen LogP contribution < -0.4 is 10.2 Å². The molecule has 0 saturated carbocycles. The highest BCUT2D eigenvalue weighted by atomic mass is 127. The molecule has 2 aromatic rings. The number of guanidine groups is 1. The number of anilines is 1. The fourth-order valence-corrected chi connectivity index (χ4v) is 3.40. The molecule has 10 heteroatoms. The lowest BCUT2D eigenvalue weighted by Crippen LogP contribution is -2.39. The van der Waals surface area contributed by atoms with E-state index in [1.807, 2.05) is 43.0 Å². The second-order valence-electron chi connectivity index (χ2n) is 7.33. The minimum atomic E-state index is -0.272. The van der Waals surface area contributed by atoms with E-state index in [0.717, 1.165) is 23.9 Å². The van der Waals surface area contributed by atoms with Gasteiger partial charge in [-0.05, 0) is 37.5 Å². The highest BCUT2D eigenvalue weighted by Crippen LogP contribution is 2.24. The van der Waals surface area contributed by atoms with Crippen molar-refractivity contribution in [3.05, 3.63) is 41.7 Å². The third-order valence-electron chi connectivity index (χ3n) is 5.11. The summed E-state index contributed by atoms with van der Waals surface area (Å²) in [5.41, 5.74) is 1.40. The van der Waals surface area contributed by atoms with Crippen LogP contribution in [0, 0.1) is 5.82 Å². The van der Waals surface area contributed by atoms with Crippen LogP contribution in [0.3, 0.4) is 0 Å². The number of aliphatic hydroxyl groups is 1. The van der Waals surface area contributed by atoms with Gasteiger partial charge in [0.25, 0.3) is 0 Å². The number of nitrogens with one attached hydrogen (secondary N) is 1. The van der Waals surface area contributed by atoms with E-state index in [-0.39, 0.29) is 35.9 Å². The second-order valence-corrected chi connectivity index (χ2v) is 7.33. The zero-order chi connectivity index (χ0) is 20.8. The molecule has 2 heterocycles. The summed E-state index contributed by atoms with van der Waals surface area (Å²) in [6, 6.07) is 5.28. The van der Waals surface area contributed by atoms with Crippen LogP contribution in [0.1, 0.15) is 31.2 Å². The van der Waals surface area contributed by atoms with Crippen molar-refractivity contribution in [3.63, 3.8) is 0 Å². The van der Waals surface area contributed by atoms with Gasteiger partial charge in [-0.3, -0.25) is 4.68 Å². The van der Waals surface area contributed by atoms with Crippen molar-refractivity contribution in [2.24, 2.45) is 12.0 Å². The van der Waals surface area contributed by atoms with Gasteiger partial charge >= 0.3 is 0 Å². The maximum Gasteiger partial charge on any atom is 0.194 e. The van der Waals surface area contributed by atoms with Gasteiger partial charge in [-0.1, -0.05) is 6.07 Å². The fourth-order valence-electron chi connectivity index (χ4n) is 3.40. The molecule has 0 radical (unpaired) electrons. The third kappa shape index (κ3) is 6.27. The van der Waals surface area contributed by atoms with E-state index in [0.29, 0.717) is 44.7 Å². The Morgan fingerprint density at radius 3 is 2.70 bits per heavy atom. The lowest BCUT2D eigenvalue weighted by molar-refractivity contribution is 0.145. The van der Waals surface area contributed by atoms with Gasteiger partial charge in [0.2, 0.25) is 0 Å². The predicted molar refractivity (Wildman–Crippen MR) is 127 cm³/mol. The quantitative estimate of drug-likeness (QED) is 0.338. The normalized spacial score (nSPS) is 15.1. The van der Waals surface area contributed by atoms with Crippen molar-refractivity contribution < 1.29 is 9.50 Å². The number of aromatic nitrogens is 3. The van der Waals surface area contributed by atoms with Gasteiger partial charge in [0.1, 0.15) is 18.0 Å². The Morgan fingerprint density at radius 2 is 2.10 bits per heavy atom. The van der Waals surface area contributed by atoms with Gasteiger partial charge in [-0.15, -0.1) is 24.0 Å². The molecule has 30 heavy (non-hydrogen) atoms. The summed E-state index contributed by atoms with van der Waals surface area (Å²) in [6.07, 6.45) is 2.61. The minimum absolute atomic E-state index is 0. The van der Waals surface area contributed by atoms with Gasteiger partial charge in [0.15, 0.2) is 5.96 Å². The molecule has 1 aliphatic heterocycles. The van der Waals surface area contributed by atoms with E-state index in [2.05, 4.69) is 20.4 Å². The number of aliphatic imine (C=N–C) groups is 1. The number of nitrogens with zero attached hydrogens (tertiary/aromatic N) is 6. The molecular weight excluding hydrogens is 500 g/mol. The smallest absolute Gasteiger partial charge is 0.194 e. The van der Waals surface area contributed by atoms with Crippen LogP contribution in [-0.2, 0) is 20.1 Å². The first-order valence-electron chi connectivity index (χ1n) is 10.0. The largest absolute Gasteiger partial charge is 0.393 e. The molecular formula is C20H31FIN7O. The van der Waals surface area contributed by atoms with Crippen molar-refractivity contribution in [2.45, 2.75) is 39.0 Å². The van der Waals surface area contributed by atoms with E-state index in [4.69, 9.17) is 0 Å². The van der Waals surface area contributed by atoms with E-state index in [1.54, 1.807) is 10.7 Å². The number of hydrogen-bond acceptors (Lipinski definition) is 5. The summed E-state index contributed by atoms with van der Waals surface area (Å²) in [6.45, 7) is 5.03. The summed E-state index contributed by atoms with van der Waals surface area (Å²) in [7, 11) is 3.79. The van der Waals surface area contributed by atoms with Crippen molar-refractivity contribution in [1.29, 1.82) is 0 Å². The van der Waals surface area contributed by atoms with E-state index >= 15 is 0 Å². The molecule has 0 spiro atoms. The molecule has 0 bridgehead atoms. The minimum Gasteiger partial charge on any atom is -0.393 e. The molecule has 1 fully saturated rings. The zero-order valence-electron chi connectivity index (χ0n) is 17.8. The standard InChI is InChI=1S/C20H30FN7O.HI/c1-4-22-20(26(2)13-19-24-14-25-27(19)3)23-12-15-5-6-18(17(21)11-15)28-9-7-16(29)8-10-28;/h5-6,11,14,16,29H,4,7-10,12-13H2,1-3H3,(H,22,23);1H. The Hall–Kier alpha value is -1.95. The van der Waals surface area contributed by atoms with Gasteiger partial charge in [-0.2, -0.15) is 5.10 Å². The number of hydrogen-bond donors (Lipinski definition) is 2. The molecule has 2 N–H and O–H groups in total. The number of halogens is 2. The molecule has 8 nitrogen and oxygen atoms in total. The first kappa shape index (κ1) is 24.3. The van der Waals surface area contributed by atoms with Crippen LogP contribution in [0.25, 0.3) is 0 Å². The molecule has 0 amide bonds. The lowest BCUT2D eigenvalue weighted by atomic mass is 10.1. The SMILES string of the molecule is CCNC(=NCc1ccc(N2CCC(O)CC2)c(F)c1)N(C)Cc1ncnn1C.I. The summed E-state index contributed by atoms with van der Waals surface area (Å²) in [4.78, 5) is 12.9. The van der Waals surface area contributed by atoms with Crippen molar-refractivity contribution in [3.8, 4) is 0 Å². The van der Waals surface area contributed by atoms with Crippen molar-refractivity contribution in [2.75, 3.05) is 31.6 Å². The van der Waals surface area contributed by atoms with Crippen LogP contribution in [0.15, 0.2) is 29.5 Å². The van der Waals surface area contributed by atoms with Gasteiger partial charge in [0.05, 0.1) is 24.9 Å². The van der Waals surface area contributed by atoms with Gasteiger partial charge in [-0.25, -0.2) is 14.4 Å². The average Bonchev–Trinajstić information content (AvgIpc) is 3.10. The summed E-state index contributed by atoms with van der Waals surface area (Å²) >= 11 is 0. The topological polar surface area (TPSA) is 81.8 Å². The number of aryl methyl sites for hydroxylation is 1. The van der Waals surface area contributed by atoms with E-state index in [1.165, 1.54) is 6.33 Å². The van der Waals surface area contributed by atoms with Gasteiger partial charge in [0, 0.05) is 33.7 Å². The van der Waals surface area contributed by atoms with Crippen LogP contribution >= 0.6 is 24.0 Å². The maximum absolute atomic E-state index is 14.7. The molecule has 1 aliphatic rings. The Bertz CT molecular complexity index is 836. The van der Waals surface area contributed by atoms with Crippen molar-refractivity contribution in [1.82, 2.24) is 25.0 Å². The maximum atomic E-state index is 14.7. The number of aliphatic hydroxyl groups excluding tert-OH is 1. The van der Waals surface area contributed by atoms with Crippen LogP contribution in [-0.4, -0.2) is 63.5 Å². The molecule has 0 aliphatic carbocycles. The Labute approximate surface area is 194 Å². The summed E-state index contributed by atoms with van der Waals surface area (Å²) in [5.74, 6) is 1.32. The zero-order valence-corrected chi connectivity index (χ0v) is 20.1. The molecule has 1 saturated heterocycles. The molecule has 0 atom stereocenters. The van der Waals surface area contributed by atoms with E-state index < -0.39 is 0 Å². The van der Waals surface area contributed by atoms with Crippen molar-refractivity contribution >= 4 is 35.6 Å². The van der Waals surface area contributed by atoms with Crippen LogP contribution in [0.4, 0.5) is 10.1 Å². The number of rotatable bonds is 6. The summed E-state index contributed by atoms with van der Waals surface area (Å²) in [5, 5.41) is 17.0. The monoisotopic (exact) mass is 531 g/mol. The molecule has 3 rings (SSSR count). The van der Waals surface area contributed by atoms with Crippen LogP contribution in [0.2, 0.25) is 0 Å². The van der Waals surface area contributed by atoms with Gasteiger partial charge < -0.3 is 20.2 Å². The number of benzene rings is 1. The Kier molecular flexibility index (Phi) is 9.28. The molecule has 1 aromatic carbocycles. The van der Waals surface area contributed by atoms with E-state index in [9.17, 15) is 9.50 Å². The Morgan fingerprint density at radius 1 is 1.37 bits per heavy atom. The highest BCUT2D eigenvalue weighted by molar-refractivity contribution is 14.0. The highest BCUT2D eigenvalue weighted by Gasteiger charge is 2.19.